The molecule has 0 unspecified atom stereocenters. The number of hydrogen-bond acceptors (Lipinski definition) is 1. The lowest BCUT2D eigenvalue weighted by atomic mass is 9.94. The standard InChI is InChI=1S/C14H20BrN/c1-11(12-6-5-7-13(15)10-12)16-14-8-3-2-4-9-14/h5-7,10-11,14,16H,2-4,8-9H2,1H3/t11-/m1/s1. The van der Waals surface area contributed by atoms with Gasteiger partial charge in [0.25, 0.3) is 0 Å². The largest absolute Gasteiger partial charge is 0.307 e. The van der Waals surface area contributed by atoms with E-state index in [-0.39, 0.29) is 0 Å². The summed E-state index contributed by atoms with van der Waals surface area (Å²) < 4.78 is 1.17. The van der Waals surface area contributed by atoms with Crippen LogP contribution < -0.4 is 5.32 Å². The second-order valence-electron chi connectivity index (χ2n) is 4.78. The van der Waals surface area contributed by atoms with E-state index in [1.165, 1.54) is 42.1 Å². The van der Waals surface area contributed by atoms with Crippen molar-refractivity contribution in [1.29, 1.82) is 0 Å². The topological polar surface area (TPSA) is 12.0 Å². The molecular weight excluding hydrogens is 262 g/mol. The highest BCUT2D eigenvalue weighted by molar-refractivity contribution is 9.10. The first-order valence-corrected chi connectivity index (χ1v) is 7.06. The van der Waals surface area contributed by atoms with Crippen molar-refractivity contribution in [3.8, 4) is 0 Å². The monoisotopic (exact) mass is 281 g/mol. The zero-order valence-electron chi connectivity index (χ0n) is 9.88. The number of benzene rings is 1. The van der Waals surface area contributed by atoms with E-state index in [0.29, 0.717) is 6.04 Å². The van der Waals surface area contributed by atoms with E-state index in [1.807, 2.05) is 0 Å². The molecule has 2 rings (SSSR count). The molecule has 1 aliphatic carbocycles. The highest BCUT2D eigenvalue weighted by Crippen LogP contribution is 2.22. The van der Waals surface area contributed by atoms with Crippen LogP contribution in [0, 0.1) is 0 Å². The van der Waals surface area contributed by atoms with Gasteiger partial charge in [-0.05, 0) is 37.5 Å². The molecule has 1 aromatic carbocycles. The SMILES string of the molecule is C[C@@H](NC1CCCCC1)c1cccc(Br)c1. The third-order valence-corrected chi connectivity index (χ3v) is 3.93. The van der Waals surface area contributed by atoms with Crippen LogP contribution in [-0.4, -0.2) is 6.04 Å². The summed E-state index contributed by atoms with van der Waals surface area (Å²) in [7, 11) is 0. The van der Waals surface area contributed by atoms with Gasteiger partial charge in [0.15, 0.2) is 0 Å². The lowest BCUT2D eigenvalue weighted by Crippen LogP contribution is -2.33. The van der Waals surface area contributed by atoms with E-state index in [1.54, 1.807) is 0 Å². The Morgan fingerprint density at radius 2 is 2.00 bits per heavy atom. The fourth-order valence-electron chi connectivity index (χ4n) is 2.49. The van der Waals surface area contributed by atoms with Gasteiger partial charge in [-0.25, -0.2) is 0 Å². The zero-order chi connectivity index (χ0) is 11.4. The normalized spacial score (nSPS) is 19.6. The molecule has 0 bridgehead atoms. The minimum Gasteiger partial charge on any atom is -0.307 e. The van der Waals surface area contributed by atoms with E-state index >= 15 is 0 Å². The molecule has 0 heterocycles. The van der Waals surface area contributed by atoms with Crippen molar-refractivity contribution in [2.24, 2.45) is 0 Å². The van der Waals surface area contributed by atoms with E-state index in [4.69, 9.17) is 0 Å². The Labute approximate surface area is 107 Å². The molecule has 0 spiro atoms. The Kier molecular flexibility index (Phi) is 4.42. The molecule has 1 aromatic rings. The summed E-state index contributed by atoms with van der Waals surface area (Å²) in [4.78, 5) is 0. The number of halogens is 1. The van der Waals surface area contributed by atoms with E-state index in [0.717, 1.165) is 6.04 Å². The van der Waals surface area contributed by atoms with Gasteiger partial charge in [0.2, 0.25) is 0 Å². The van der Waals surface area contributed by atoms with Crippen molar-refractivity contribution >= 4 is 15.9 Å². The molecule has 0 aliphatic heterocycles. The summed E-state index contributed by atoms with van der Waals surface area (Å²) in [6.45, 7) is 2.26. The molecule has 1 nitrogen and oxygen atoms in total. The molecule has 1 atom stereocenters. The lowest BCUT2D eigenvalue weighted by Gasteiger charge is -2.26. The third-order valence-electron chi connectivity index (χ3n) is 3.44. The van der Waals surface area contributed by atoms with Gasteiger partial charge in [-0.15, -0.1) is 0 Å². The van der Waals surface area contributed by atoms with Gasteiger partial charge in [0, 0.05) is 16.6 Å². The Balaban J connectivity index is 1.94. The van der Waals surface area contributed by atoms with Crippen LogP contribution in [0.15, 0.2) is 28.7 Å². The maximum atomic E-state index is 3.74. The molecule has 2 heteroatoms. The first-order valence-electron chi connectivity index (χ1n) is 6.27. The summed E-state index contributed by atoms with van der Waals surface area (Å²) in [5, 5.41) is 3.74. The first-order chi connectivity index (χ1) is 7.75. The van der Waals surface area contributed by atoms with Gasteiger partial charge in [-0.3, -0.25) is 0 Å². The second-order valence-corrected chi connectivity index (χ2v) is 5.69. The van der Waals surface area contributed by atoms with Crippen LogP contribution in [0.3, 0.4) is 0 Å². The summed E-state index contributed by atoms with van der Waals surface area (Å²) in [6.07, 6.45) is 6.89. The molecular formula is C14H20BrN. The quantitative estimate of drug-likeness (QED) is 0.864. The fraction of sp³-hybridized carbons (Fsp3) is 0.571. The summed E-state index contributed by atoms with van der Waals surface area (Å²) in [6, 6.07) is 9.78. The van der Waals surface area contributed by atoms with Gasteiger partial charge in [0.1, 0.15) is 0 Å². The van der Waals surface area contributed by atoms with Crippen molar-refractivity contribution in [3.63, 3.8) is 0 Å². The highest BCUT2D eigenvalue weighted by Gasteiger charge is 2.16. The molecule has 1 saturated carbocycles. The Bertz CT molecular complexity index is 331. The van der Waals surface area contributed by atoms with Gasteiger partial charge < -0.3 is 5.32 Å². The minimum absolute atomic E-state index is 0.459. The number of hydrogen-bond donors (Lipinski definition) is 1. The maximum absolute atomic E-state index is 3.74. The van der Waals surface area contributed by atoms with Crippen molar-refractivity contribution in [1.82, 2.24) is 5.32 Å². The predicted octanol–water partition coefficient (Wildman–Crippen LogP) is 4.43. The summed E-state index contributed by atoms with van der Waals surface area (Å²) in [5.74, 6) is 0. The van der Waals surface area contributed by atoms with Gasteiger partial charge in [-0.1, -0.05) is 47.3 Å². The third kappa shape index (κ3) is 3.33. The molecule has 0 saturated heterocycles. The first kappa shape index (κ1) is 12.1. The smallest absolute Gasteiger partial charge is 0.0294 e. The van der Waals surface area contributed by atoms with Crippen LogP contribution in [0.1, 0.15) is 50.6 Å². The molecule has 0 amide bonds. The van der Waals surface area contributed by atoms with Gasteiger partial charge >= 0.3 is 0 Å². The van der Waals surface area contributed by atoms with Crippen molar-refractivity contribution in [2.75, 3.05) is 0 Å². The Morgan fingerprint density at radius 3 is 2.69 bits per heavy atom. The van der Waals surface area contributed by atoms with Gasteiger partial charge in [-0.2, -0.15) is 0 Å². The number of nitrogens with one attached hydrogen (secondary N) is 1. The molecule has 0 radical (unpaired) electrons. The van der Waals surface area contributed by atoms with Crippen molar-refractivity contribution < 1.29 is 0 Å². The Morgan fingerprint density at radius 1 is 1.25 bits per heavy atom. The van der Waals surface area contributed by atoms with E-state index in [9.17, 15) is 0 Å². The highest BCUT2D eigenvalue weighted by atomic mass is 79.9. The number of rotatable bonds is 3. The zero-order valence-corrected chi connectivity index (χ0v) is 11.5. The van der Waals surface area contributed by atoms with Crippen LogP contribution in [-0.2, 0) is 0 Å². The molecule has 1 aliphatic rings. The van der Waals surface area contributed by atoms with Crippen LogP contribution in [0.2, 0.25) is 0 Å². The summed E-state index contributed by atoms with van der Waals surface area (Å²) in [5.41, 5.74) is 1.37. The van der Waals surface area contributed by atoms with Crippen LogP contribution in [0.5, 0.6) is 0 Å². The maximum Gasteiger partial charge on any atom is 0.0294 e. The Hall–Kier alpha value is -0.340. The predicted molar refractivity (Wildman–Crippen MR) is 72.6 cm³/mol. The van der Waals surface area contributed by atoms with E-state index < -0.39 is 0 Å². The van der Waals surface area contributed by atoms with Gasteiger partial charge in [0.05, 0.1) is 0 Å². The second kappa shape index (κ2) is 5.83. The lowest BCUT2D eigenvalue weighted by molar-refractivity contribution is 0.347. The fourth-order valence-corrected chi connectivity index (χ4v) is 2.91. The minimum atomic E-state index is 0.459. The van der Waals surface area contributed by atoms with Crippen molar-refractivity contribution in [2.45, 2.75) is 51.1 Å². The van der Waals surface area contributed by atoms with E-state index in [2.05, 4.69) is 52.4 Å². The molecule has 0 aromatic heterocycles. The summed E-state index contributed by atoms with van der Waals surface area (Å²) >= 11 is 3.53. The molecule has 1 N–H and O–H groups in total. The molecule has 1 fully saturated rings. The average Bonchev–Trinajstić information content (AvgIpc) is 2.30. The van der Waals surface area contributed by atoms with Crippen LogP contribution in [0.4, 0.5) is 0 Å². The average molecular weight is 282 g/mol. The van der Waals surface area contributed by atoms with Crippen LogP contribution in [0.25, 0.3) is 0 Å². The molecule has 88 valence electrons. The van der Waals surface area contributed by atoms with Crippen molar-refractivity contribution in [3.05, 3.63) is 34.3 Å². The molecule has 16 heavy (non-hydrogen) atoms. The van der Waals surface area contributed by atoms with Crippen LogP contribution >= 0.6 is 15.9 Å².